The lowest BCUT2D eigenvalue weighted by Gasteiger charge is -2.23. The minimum Gasteiger partial charge on any atom is -0.481 e. The van der Waals surface area contributed by atoms with Crippen molar-refractivity contribution in [2.45, 2.75) is 50.6 Å². The number of hydrogen-bond donors (Lipinski definition) is 2. The average molecular weight is 726 g/mol. The smallest absolute Gasteiger partial charge is 0.421 e. The quantitative estimate of drug-likeness (QED) is 0.163. The van der Waals surface area contributed by atoms with Gasteiger partial charge < -0.3 is 29.5 Å². The number of aldehydes is 1. The van der Waals surface area contributed by atoms with Gasteiger partial charge in [0, 0.05) is 41.9 Å². The Morgan fingerprint density at radius 2 is 1.84 bits per heavy atom. The Hall–Kier alpha value is -5.44. The van der Waals surface area contributed by atoms with Crippen LogP contribution < -0.4 is 19.5 Å². The van der Waals surface area contributed by atoms with Crippen molar-refractivity contribution in [1.82, 2.24) is 25.2 Å². The Morgan fingerprint density at radius 3 is 2.51 bits per heavy atom. The fraction of sp³-hybridized carbons (Fsp3) is 0.314. The minimum absolute atomic E-state index is 0.0269. The molecule has 2 N–H and O–H groups in total. The number of nitrogens with zero attached hydrogens (tertiary/aromatic N) is 4. The Bertz CT molecular complexity index is 2010. The Kier molecular flexibility index (Phi) is 10.0. The third kappa shape index (κ3) is 7.24. The van der Waals surface area contributed by atoms with Crippen LogP contribution in [0.25, 0.3) is 22.5 Å². The molecular weight excluding hydrogens is 695 g/mol. The fourth-order valence-electron chi connectivity index (χ4n) is 6.37. The van der Waals surface area contributed by atoms with Crippen molar-refractivity contribution in [3.63, 3.8) is 0 Å². The highest BCUT2D eigenvalue weighted by molar-refractivity contribution is 6.35. The molecule has 1 fully saturated rings. The number of carbonyl (C=O) groups excluding carboxylic acids is 2. The lowest BCUT2D eigenvalue weighted by molar-refractivity contribution is -0.139. The Morgan fingerprint density at radius 1 is 1.06 bits per heavy atom. The number of rotatable bonds is 11. The maximum atomic E-state index is 14.0. The van der Waals surface area contributed by atoms with E-state index in [2.05, 4.69) is 20.3 Å². The van der Waals surface area contributed by atoms with Crippen LogP contribution in [0.5, 0.6) is 17.6 Å². The molecule has 4 aromatic rings. The molecule has 0 saturated carbocycles. The molecular formula is C35H31ClF3N5O7. The van der Waals surface area contributed by atoms with Crippen LogP contribution in [0.4, 0.5) is 18.0 Å². The van der Waals surface area contributed by atoms with E-state index in [0.717, 1.165) is 5.56 Å². The number of fused-ring (bicyclic) bond motifs is 1. The summed E-state index contributed by atoms with van der Waals surface area (Å²) in [4.78, 5) is 49.3. The number of carboxylic acid groups (broad SMARTS) is 1. The first kappa shape index (κ1) is 35.4. The molecule has 12 nitrogen and oxygen atoms in total. The molecule has 2 aliphatic rings. The summed E-state index contributed by atoms with van der Waals surface area (Å²) in [6.07, 6.45) is -3.33. The number of pyridine rings is 3. The van der Waals surface area contributed by atoms with E-state index in [1.807, 2.05) is 6.07 Å². The Labute approximate surface area is 294 Å². The zero-order chi connectivity index (χ0) is 36.4. The van der Waals surface area contributed by atoms with Crippen LogP contribution >= 0.6 is 11.6 Å². The molecule has 1 aromatic carbocycles. The molecule has 6 rings (SSSR count). The lowest BCUT2D eigenvalue weighted by atomic mass is 9.98. The largest absolute Gasteiger partial charge is 0.481 e. The van der Waals surface area contributed by atoms with Crippen molar-refractivity contribution in [2.75, 3.05) is 20.8 Å². The molecule has 0 radical (unpaired) electrons. The number of alkyl halides is 3. The highest BCUT2D eigenvalue weighted by Crippen LogP contribution is 2.45. The van der Waals surface area contributed by atoms with Gasteiger partial charge >= 0.3 is 12.3 Å². The number of carbonyl (C=O) groups is 3. The van der Waals surface area contributed by atoms with Crippen LogP contribution in [0, 0.1) is 0 Å². The van der Waals surface area contributed by atoms with Gasteiger partial charge in [-0.15, -0.1) is 0 Å². The summed E-state index contributed by atoms with van der Waals surface area (Å²) in [6, 6.07) is 10.7. The first-order valence-electron chi connectivity index (χ1n) is 15.8. The molecule has 266 valence electrons. The summed E-state index contributed by atoms with van der Waals surface area (Å²) >= 11 is 6.97. The molecule has 16 heteroatoms. The first-order chi connectivity index (χ1) is 24.4. The van der Waals surface area contributed by atoms with Gasteiger partial charge in [-0.25, -0.2) is 9.78 Å². The molecule has 0 unspecified atom stereocenters. The van der Waals surface area contributed by atoms with Gasteiger partial charge in [0.15, 0.2) is 6.29 Å². The van der Waals surface area contributed by atoms with Crippen LogP contribution in [0.3, 0.4) is 0 Å². The van der Waals surface area contributed by atoms with E-state index >= 15 is 0 Å². The number of hydrogen-bond acceptors (Lipinski definition) is 9. The summed E-state index contributed by atoms with van der Waals surface area (Å²) in [5.41, 5.74) is 2.39. The average Bonchev–Trinajstić information content (AvgIpc) is 3.72. The number of nitrogens with one attached hydrogen (secondary N) is 1. The molecule has 4 heterocycles. The number of aromatic nitrogens is 3. The number of ether oxygens (including phenoxy) is 3. The first-order valence-corrected chi connectivity index (χ1v) is 16.2. The maximum absolute atomic E-state index is 14.0. The summed E-state index contributed by atoms with van der Waals surface area (Å²) in [6.45, 7) is 0.0837. The highest BCUT2D eigenvalue weighted by atomic mass is 35.5. The molecule has 0 bridgehead atoms. The topological polar surface area (TPSA) is 153 Å². The second kappa shape index (κ2) is 14.4. The van der Waals surface area contributed by atoms with Crippen LogP contribution in [0.1, 0.15) is 58.0 Å². The van der Waals surface area contributed by atoms with Crippen LogP contribution in [0.2, 0.25) is 5.02 Å². The van der Waals surface area contributed by atoms with E-state index in [-0.39, 0.29) is 53.7 Å². The van der Waals surface area contributed by atoms with Crippen LogP contribution in [-0.2, 0) is 23.9 Å². The number of amides is 2. The van der Waals surface area contributed by atoms with Crippen molar-refractivity contribution in [3.8, 4) is 40.2 Å². The molecule has 2 atom stereocenters. The summed E-state index contributed by atoms with van der Waals surface area (Å²) in [5, 5.41) is 12.9. The SMILES string of the molecule is COc1nc(O[C@H]2CCc3c(-c4nccc(-c5ccc(CN(C[C@@H]6CCC(=O)N6)C(=O)O)c(OC)n5)c4Cl)cccc32)c(C(F)(F)F)cc1C=O. The minimum atomic E-state index is -4.84. The van der Waals surface area contributed by atoms with Crippen molar-refractivity contribution < 1.29 is 46.9 Å². The van der Waals surface area contributed by atoms with Gasteiger partial charge in [-0.1, -0.05) is 29.8 Å². The van der Waals surface area contributed by atoms with E-state index < -0.39 is 29.8 Å². The van der Waals surface area contributed by atoms with Gasteiger partial charge in [0.1, 0.15) is 11.7 Å². The zero-order valence-electron chi connectivity index (χ0n) is 27.3. The van der Waals surface area contributed by atoms with E-state index in [4.69, 9.17) is 25.8 Å². The standard InChI is InChI=1S/C35H31ClF3N5O7/c1-49-31-18(15-44(34(47)48)16-20-7-11-28(46)41-20)6-9-26(42-31)24-12-13-40-30(29(24)36)23-5-3-4-22-21(23)8-10-27(22)51-33-25(35(37,38)39)14-19(17-45)32(43-33)50-2/h3-6,9,12-14,17,20,27H,7-8,10-11,15-16H2,1-2H3,(H,41,46)(H,47,48)/t20-,27-/m0/s1. The third-order valence-corrected chi connectivity index (χ3v) is 9.17. The van der Waals surface area contributed by atoms with Crippen molar-refractivity contribution in [2.24, 2.45) is 0 Å². The van der Waals surface area contributed by atoms with Crippen LogP contribution in [-0.4, -0.2) is 70.1 Å². The van der Waals surface area contributed by atoms with Crippen molar-refractivity contribution in [1.29, 1.82) is 0 Å². The zero-order valence-corrected chi connectivity index (χ0v) is 28.0. The number of methoxy groups -OCH3 is 2. The molecule has 3 aromatic heterocycles. The molecule has 1 aliphatic heterocycles. The van der Waals surface area contributed by atoms with E-state index in [0.29, 0.717) is 65.4 Å². The normalized spacial score (nSPS) is 16.7. The predicted molar refractivity (Wildman–Crippen MR) is 177 cm³/mol. The summed E-state index contributed by atoms with van der Waals surface area (Å²) in [7, 11) is 2.62. The predicted octanol–water partition coefficient (Wildman–Crippen LogP) is 6.53. The maximum Gasteiger partial charge on any atom is 0.421 e. The fourth-order valence-corrected chi connectivity index (χ4v) is 6.68. The summed E-state index contributed by atoms with van der Waals surface area (Å²) in [5.74, 6) is -0.916. The van der Waals surface area contributed by atoms with Gasteiger partial charge in [-0.2, -0.15) is 18.2 Å². The van der Waals surface area contributed by atoms with Crippen molar-refractivity contribution in [3.05, 3.63) is 81.5 Å². The second-order valence-electron chi connectivity index (χ2n) is 11.9. The van der Waals surface area contributed by atoms with E-state index in [1.165, 1.54) is 19.1 Å². The van der Waals surface area contributed by atoms with Gasteiger partial charge in [0.05, 0.1) is 42.7 Å². The highest BCUT2D eigenvalue weighted by Gasteiger charge is 2.39. The summed E-state index contributed by atoms with van der Waals surface area (Å²) < 4.78 is 58.3. The number of benzene rings is 1. The third-order valence-electron chi connectivity index (χ3n) is 8.79. The van der Waals surface area contributed by atoms with E-state index in [1.54, 1.807) is 36.5 Å². The van der Waals surface area contributed by atoms with Crippen molar-refractivity contribution >= 4 is 29.9 Å². The van der Waals surface area contributed by atoms with Crippen LogP contribution in [0.15, 0.2) is 48.7 Å². The van der Waals surface area contributed by atoms with E-state index in [9.17, 15) is 32.7 Å². The molecule has 2 amide bonds. The number of halogens is 4. The molecule has 1 aliphatic carbocycles. The molecule has 51 heavy (non-hydrogen) atoms. The lowest BCUT2D eigenvalue weighted by Crippen LogP contribution is -2.41. The second-order valence-corrected chi connectivity index (χ2v) is 12.3. The molecule has 1 saturated heterocycles. The van der Waals surface area contributed by atoms with Gasteiger partial charge in [-0.3, -0.25) is 14.6 Å². The van der Waals surface area contributed by atoms with Gasteiger partial charge in [-0.05, 0) is 54.7 Å². The van der Waals surface area contributed by atoms with Gasteiger partial charge in [0.25, 0.3) is 0 Å². The monoisotopic (exact) mass is 725 g/mol. The molecule has 0 spiro atoms. The van der Waals surface area contributed by atoms with Gasteiger partial charge in [0.2, 0.25) is 23.5 Å². The Balaban J connectivity index is 1.29.